The van der Waals surface area contributed by atoms with Gasteiger partial charge in [0.25, 0.3) is 5.56 Å². The van der Waals surface area contributed by atoms with Gasteiger partial charge in [-0.3, -0.25) is 9.69 Å². The Kier molecular flexibility index (Phi) is 6.84. The molecule has 1 aliphatic carbocycles. The lowest BCUT2D eigenvalue weighted by molar-refractivity contribution is 0.192. The number of nitrogens with one attached hydrogen (secondary N) is 1. The molecule has 2 aromatic carbocycles. The molecule has 6 rings (SSSR count). The summed E-state index contributed by atoms with van der Waals surface area (Å²) in [6, 6.07) is 16.3. The van der Waals surface area contributed by atoms with Crippen molar-refractivity contribution in [3.8, 4) is 5.75 Å². The van der Waals surface area contributed by atoms with Crippen LogP contribution in [0, 0.1) is 6.92 Å². The van der Waals surface area contributed by atoms with Crippen molar-refractivity contribution in [3.05, 3.63) is 75.8 Å². The number of hydrogen-bond donors (Lipinski definition) is 1. The van der Waals surface area contributed by atoms with E-state index in [0.717, 1.165) is 67.1 Å². The van der Waals surface area contributed by atoms with Gasteiger partial charge >= 0.3 is 0 Å². The summed E-state index contributed by atoms with van der Waals surface area (Å²) in [7, 11) is 1.69. The maximum atomic E-state index is 13.5. The lowest BCUT2D eigenvalue weighted by atomic mass is 9.95. The second-order valence-corrected chi connectivity index (χ2v) is 10.5. The van der Waals surface area contributed by atoms with Crippen LogP contribution in [0.15, 0.2) is 53.3 Å². The maximum absolute atomic E-state index is 13.5. The molecule has 1 N–H and O–H groups in total. The molecule has 1 saturated heterocycles. The van der Waals surface area contributed by atoms with Gasteiger partial charge in [0.15, 0.2) is 5.82 Å². The summed E-state index contributed by atoms with van der Waals surface area (Å²) in [5.74, 6) is 1.63. The molecule has 0 amide bonds. The fourth-order valence-corrected chi connectivity index (χ4v) is 6.04. The first-order chi connectivity index (χ1) is 18.6. The summed E-state index contributed by atoms with van der Waals surface area (Å²) in [5.41, 5.74) is 3.80. The molecule has 0 spiro atoms. The Morgan fingerprint density at radius 3 is 2.47 bits per heavy atom. The van der Waals surface area contributed by atoms with Crippen LogP contribution in [0.5, 0.6) is 5.75 Å². The smallest absolute Gasteiger partial charge is 0.253 e. The number of H-pyrrole nitrogens is 1. The number of tetrazole rings is 1. The van der Waals surface area contributed by atoms with E-state index in [1.165, 1.54) is 24.9 Å². The number of pyridine rings is 1. The van der Waals surface area contributed by atoms with Gasteiger partial charge in [-0.25, -0.2) is 4.68 Å². The minimum atomic E-state index is -0.321. The first kappa shape index (κ1) is 24.6. The molecule has 1 saturated carbocycles. The van der Waals surface area contributed by atoms with E-state index in [-0.39, 0.29) is 17.6 Å². The van der Waals surface area contributed by atoms with Crippen LogP contribution in [0.3, 0.4) is 0 Å². The predicted molar refractivity (Wildman–Crippen MR) is 148 cm³/mol. The third-order valence-electron chi connectivity index (χ3n) is 8.12. The molecule has 2 aromatic heterocycles. The number of aryl methyl sites for hydroxylation is 1. The molecule has 2 fully saturated rings. The molecule has 9 heteroatoms. The Hall–Kier alpha value is -3.72. The van der Waals surface area contributed by atoms with E-state index in [4.69, 9.17) is 4.74 Å². The molecule has 1 atom stereocenters. The highest BCUT2D eigenvalue weighted by Crippen LogP contribution is 2.34. The Labute approximate surface area is 222 Å². The van der Waals surface area contributed by atoms with Gasteiger partial charge in [0.05, 0.1) is 13.2 Å². The summed E-state index contributed by atoms with van der Waals surface area (Å²) in [6.45, 7) is 5.35. The van der Waals surface area contributed by atoms with Gasteiger partial charge in [-0.1, -0.05) is 30.9 Å². The molecule has 2 aliphatic rings. The topological polar surface area (TPSA) is 92.2 Å². The molecule has 0 bridgehead atoms. The number of rotatable bonds is 6. The summed E-state index contributed by atoms with van der Waals surface area (Å²) in [4.78, 5) is 21.4. The lowest BCUT2D eigenvalue weighted by Gasteiger charge is -2.40. The van der Waals surface area contributed by atoms with E-state index in [2.05, 4.69) is 55.4 Å². The van der Waals surface area contributed by atoms with Crippen LogP contribution in [-0.4, -0.2) is 63.4 Å². The molecule has 3 heterocycles. The largest absolute Gasteiger partial charge is 0.497 e. The van der Waals surface area contributed by atoms with Gasteiger partial charge in [0, 0.05) is 42.9 Å². The second kappa shape index (κ2) is 10.6. The molecule has 9 nitrogen and oxygen atoms in total. The zero-order valence-corrected chi connectivity index (χ0v) is 22.1. The summed E-state index contributed by atoms with van der Waals surface area (Å²) < 4.78 is 7.34. The van der Waals surface area contributed by atoms with Crippen molar-refractivity contribution in [2.45, 2.75) is 51.1 Å². The van der Waals surface area contributed by atoms with Gasteiger partial charge in [-0.05, 0) is 78.0 Å². The van der Waals surface area contributed by atoms with Crippen LogP contribution in [0.2, 0.25) is 0 Å². The molecule has 38 heavy (non-hydrogen) atoms. The minimum absolute atomic E-state index is 0.0814. The van der Waals surface area contributed by atoms with Crippen LogP contribution >= 0.6 is 0 Å². The second-order valence-electron chi connectivity index (χ2n) is 10.5. The highest BCUT2D eigenvalue weighted by Gasteiger charge is 2.34. The number of fused-ring (bicyclic) bond motifs is 1. The maximum Gasteiger partial charge on any atom is 0.253 e. The molecule has 198 valence electrons. The van der Waals surface area contributed by atoms with Crippen molar-refractivity contribution in [2.24, 2.45) is 0 Å². The van der Waals surface area contributed by atoms with E-state index in [9.17, 15) is 4.79 Å². The van der Waals surface area contributed by atoms with E-state index in [1.54, 1.807) is 7.11 Å². The number of ether oxygens (including phenoxy) is 1. The predicted octanol–water partition coefficient (Wildman–Crippen LogP) is 4.25. The third-order valence-corrected chi connectivity index (χ3v) is 8.12. The number of aromatic nitrogens is 5. The molecular weight excluding hydrogens is 478 g/mol. The monoisotopic (exact) mass is 513 g/mol. The zero-order chi connectivity index (χ0) is 26.1. The molecule has 1 aliphatic heterocycles. The fourth-order valence-electron chi connectivity index (χ4n) is 6.04. The summed E-state index contributed by atoms with van der Waals surface area (Å²) in [5, 5.41) is 14.2. The summed E-state index contributed by atoms with van der Waals surface area (Å²) >= 11 is 0. The van der Waals surface area contributed by atoms with E-state index < -0.39 is 0 Å². The van der Waals surface area contributed by atoms with Crippen LogP contribution in [0.1, 0.15) is 61.1 Å². The van der Waals surface area contributed by atoms with Gasteiger partial charge in [-0.15, -0.1) is 5.10 Å². The van der Waals surface area contributed by atoms with Crippen molar-refractivity contribution in [3.63, 3.8) is 0 Å². The first-order valence-electron chi connectivity index (χ1n) is 13.6. The van der Waals surface area contributed by atoms with Crippen molar-refractivity contribution in [2.75, 3.05) is 38.2 Å². The Morgan fingerprint density at radius 2 is 1.74 bits per heavy atom. The fraction of sp³-hybridized carbons (Fsp3) is 0.448. The van der Waals surface area contributed by atoms with Crippen LogP contribution in [0.25, 0.3) is 10.9 Å². The normalized spacial score (nSPS) is 18.1. The minimum Gasteiger partial charge on any atom is -0.497 e. The van der Waals surface area contributed by atoms with E-state index >= 15 is 0 Å². The standard InChI is InChI=1S/C29H35N7O2/c1-20-8-13-26-21(18-20)19-25(29(37)30-26)27(28-31-32-33-36(28)23-6-4-3-5-7-23)35-16-14-34(15-17-35)22-9-11-24(38-2)12-10-22/h8-13,18-19,23,27H,3-7,14-17H2,1-2H3,(H,30,37). The number of methoxy groups -OCH3 is 1. The van der Waals surface area contributed by atoms with Gasteiger partial charge in [0.2, 0.25) is 0 Å². The number of piperazine rings is 1. The van der Waals surface area contributed by atoms with Crippen molar-refractivity contribution >= 4 is 16.6 Å². The molecular formula is C29H35N7O2. The number of nitrogens with zero attached hydrogens (tertiary/aromatic N) is 6. The Morgan fingerprint density at radius 1 is 0.974 bits per heavy atom. The van der Waals surface area contributed by atoms with Crippen LogP contribution in [0.4, 0.5) is 5.69 Å². The highest BCUT2D eigenvalue weighted by atomic mass is 16.5. The van der Waals surface area contributed by atoms with Gasteiger partial charge < -0.3 is 14.6 Å². The van der Waals surface area contributed by atoms with Crippen molar-refractivity contribution < 1.29 is 4.74 Å². The van der Waals surface area contributed by atoms with Gasteiger partial charge in [-0.2, -0.15) is 0 Å². The number of anilines is 1. The van der Waals surface area contributed by atoms with Gasteiger partial charge in [0.1, 0.15) is 11.8 Å². The number of benzene rings is 2. The SMILES string of the molecule is COc1ccc(N2CCN(C(c3cc4cc(C)ccc4[nH]c3=O)c3nnnn3C3CCCCC3)CC2)cc1. The van der Waals surface area contributed by atoms with E-state index in [1.807, 2.05) is 35.0 Å². The average Bonchev–Trinajstić information content (AvgIpc) is 3.44. The molecule has 4 aromatic rings. The lowest BCUT2D eigenvalue weighted by Crippen LogP contribution is -2.49. The first-order valence-corrected chi connectivity index (χ1v) is 13.6. The van der Waals surface area contributed by atoms with Crippen LogP contribution < -0.4 is 15.2 Å². The summed E-state index contributed by atoms with van der Waals surface area (Å²) in [6.07, 6.45) is 5.77. The number of hydrogen-bond acceptors (Lipinski definition) is 7. The highest BCUT2D eigenvalue weighted by molar-refractivity contribution is 5.79. The number of aromatic amines is 1. The average molecular weight is 514 g/mol. The third kappa shape index (κ3) is 4.78. The molecule has 1 unspecified atom stereocenters. The van der Waals surface area contributed by atoms with Crippen molar-refractivity contribution in [1.82, 2.24) is 30.1 Å². The quantitative estimate of drug-likeness (QED) is 0.412. The van der Waals surface area contributed by atoms with E-state index in [0.29, 0.717) is 5.56 Å². The Balaban J connectivity index is 1.36. The molecule has 0 radical (unpaired) electrons. The Bertz CT molecular complexity index is 1450. The van der Waals surface area contributed by atoms with Crippen LogP contribution in [-0.2, 0) is 0 Å². The zero-order valence-electron chi connectivity index (χ0n) is 22.1. The van der Waals surface area contributed by atoms with Crippen molar-refractivity contribution in [1.29, 1.82) is 0 Å².